The maximum atomic E-state index is 13.6. The number of carbonyl (C=O) groups excluding carboxylic acids is 2. The summed E-state index contributed by atoms with van der Waals surface area (Å²) in [5.41, 5.74) is -2.12. The number of ether oxygens (including phenoxy) is 1. The fraction of sp³-hybridized carbons (Fsp3) is 0.172. The molecule has 0 spiro atoms. The van der Waals surface area contributed by atoms with Gasteiger partial charge in [-0.05, 0) is 62.4 Å². The van der Waals surface area contributed by atoms with E-state index in [1.165, 1.54) is 31.2 Å². The molecule has 0 fully saturated rings. The van der Waals surface area contributed by atoms with Crippen LogP contribution in [0.4, 0.5) is 5.69 Å². The molecular weight excluding hydrogens is 977 g/mol. The Kier molecular flexibility index (Phi) is 30.6. The summed E-state index contributed by atoms with van der Waals surface area (Å²) in [5, 5.41) is 47.0. The second-order valence-electron chi connectivity index (χ2n) is 9.98. The molecule has 3 aromatic rings. The van der Waals surface area contributed by atoms with E-state index >= 15 is 0 Å². The third-order valence-corrected chi connectivity index (χ3v) is 9.54. The van der Waals surface area contributed by atoms with Crippen LogP contribution in [0.1, 0.15) is 29.9 Å². The number of hydrogen-bond donors (Lipinski definition) is 1. The number of aromatic nitrogens is 2. The molecule has 2 heterocycles. The maximum absolute atomic E-state index is 13.6. The van der Waals surface area contributed by atoms with Gasteiger partial charge in [-0.15, -0.1) is 0 Å². The van der Waals surface area contributed by atoms with Crippen molar-refractivity contribution in [1.29, 1.82) is 0 Å². The molecule has 4 rings (SSSR count). The Morgan fingerprint density at radius 2 is 1.39 bits per heavy atom. The number of benzene rings is 2. The molecule has 1 N–H and O–H groups in total. The number of allylic oxidation sites excluding steroid dienone is 4. The molecule has 0 unspecified atom stereocenters. The molecule has 30 heteroatoms. The molecule has 296 valence electrons. The van der Waals surface area contributed by atoms with Gasteiger partial charge in [0.05, 0.1) is 69.6 Å². The van der Waals surface area contributed by atoms with Gasteiger partial charge in [-0.25, -0.2) is 31.4 Å². The van der Waals surface area contributed by atoms with Gasteiger partial charge < -0.3 is 29.5 Å². The summed E-state index contributed by atoms with van der Waals surface area (Å²) in [7, 11) is -10.4. The van der Waals surface area contributed by atoms with Crippen molar-refractivity contribution in [3.05, 3.63) is 77.5 Å². The SMILES string of the molecule is CCOOCC1=NN(c2cc(SOO[O-])ccc2S(=O)(=O)[O-])C(=O)/C1=C/C=C/C=C/c1c(C(=O)OCC)nn(-c2cc(SOO[O-])ccc2S(=O)(=O)[O-])c1O.[K+].[K+].[K+].[K+]. The largest absolute Gasteiger partial charge is 1.00 e. The minimum absolute atomic E-state index is 0. The predicted octanol–water partition coefficient (Wildman–Crippen LogP) is -11.1. The van der Waals surface area contributed by atoms with Crippen LogP contribution in [0, 0.1) is 0 Å². The summed E-state index contributed by atoms with van der Waals surface area (Å²) >= 11 is 0.684. The van der Waals surface area contributed by atoms with Gasteiger partial charge >= 0.3 is 212 Å². The van der Waals surface area contributed by atoms with Crippen molar-refractivity contribution in [2.75, 3.05) is 24.8 Å². The van der Waals surface area contributed by atoms with Crippen LogP contribution >= 0.6 is 24.1 Å². The van der Waals surface area contributed by atoms with E-state index in [4.69, 9.17) is 14.5 Å². The molecule has 0 radical (unpaired) electrons. The number of amides is 1. The second kappa shape index (κ2) is 29.6. The number of nitrogens with zero attached hydrogens (tertiary/aromatic N) is 4. The number of hydrogen-bond acceptors (Lipinski definition) is 22. The van der Waals surface area contributed by atoms with Crippen molar-refractivity contribution in [1.82, 2.24) is 9.78 Å². The average Bonchev–Trinajstić information content (AvgIpc) is 3.63. The summed E-state index contributed by atoms with van der Waals surface area (Å²) < 4.78 is 86.4. The first-order chi connectivity index (χ1) is 26.2. The van der Waals surface area contributed by atoms with Crippen molar-refractivity contribution in [2.45, 2.75) is 33.4 Å². The van der Waals surface area contributed by atoms with E-state index in [1.54, 1.807) is 6.92 Å². The minimum Gasteiger partial charge on any atom is -0.744 e. The van der Waals surface area contributed by atoms with Crippen molar-refractivity contribution in [3.63, 3.8) is 0 Å². The van der Waals surface area contributed by atoms with E-state index in [0.717, 1.165) is 42.5 Å². The summed E-state index contributed by atoms with van der Waals surface area (Å²) in [6.45, 7) is 2.64. The molecule has 1 aliphatic heterocycles. The predicted molar refractivity (Wildman–Crippen MR) is 178 cm³/mol. The Labute approximate surface area is 515 Å². The van der Waals surface area contributed by atoms with E-state index in [9.17, 15) is 51.2 Å². The van der Waals surface area contributed by atoms with E-state index in [1.807, 2.05) is 0 Å². The minimum atomic E-state index is -5.20. The number of hydrazone groups is 1. The quantitative estimate of drug-likeness (QED) is 0.0134. The van der Waals surface area contributed by atoms with Gasteiger partial charge in [-0.2, -0.15) is 28.6 Å². The fourth-order valence-electron chi connectivity index (χ4n) is 4.49. The number of esters is 1. The molecule has 59 heavy (non-hydrogen) atoms. The van der Waals surface area contributed by atoms with Gasteiger partial charge in [0.1, 0.15) is 32.6 Å². The zero-order valence-electron chi connectivity index (χ0n) is 31.8. The van der Waals surface area contributed by atoms with Gasteiger partial charge in [-0.1, -0.05) is 18.2 Å². The van der Waals surface area contributed by atoms with Crippen molar-refractivity contribution in [3.8, 4) is 11.6 Å². The molecule has 1 amide bonds. The average molecular weight is 1000 g/mol. The molecule has 1 aromatic heterocycles. The first-order valence-electron chi connectivity index (χ1n) is 14.8. The Morgan fingerprint density at radius 3 is 1.92 bits per heavy atom. The first kappa shape index (κ1) is 61.0. The van der Waals surface area contributed by atoms with Crippen molar-refractivity contribution in [2.24, 2.45) is 5.10 Å². The smallest absolute Gasteiger partial charge is 0.744 e. The number of carbonyl (C=O) groups is 2. The third kappa shape index (κ3) is 17.3. The molecule has 0 saturated heterocycles. The normalized spacial score (nSPS) is 13.5. The van der Waals surface area contributed by atoms with Gasteiger partial charge in [0.2, 0.25) is 5.88 Å². The molecule has 2 aromatic carbocycles. The Balaban J connectivity index is 0.00000841. The van der Waals surface area contributed by atoms with E-state index in [2.05, 4.69) is 28.9 Å². The summed E-state index contributed by atoms with van der Waals surface area (Å²) in [4.78, 5) is 34.7. The van der Waals surface area contributed by atoms with Gasteiger partial charge in [0.15, 0.2) is 5.69 Å². The van der Waals surface area contributed by atoms with Crippen LogP contribution in [0.2, 0.25) is 0 Å². The van der Waals surface area contributed by atoms with E-state index in [0.29, 0.717) is 33.8 Å². The maximum Gasteiger partial charge on any atom is 1.00 e. The zero-order valence-corrected chi connectivity index (χ0v) is 47.5. The molecule has 0 saturated carbocycles. The van der Waals surface area contributed by atoms with Crippen LogP contribution in [0.3, 0.4) is 0 Å². The standard InChI is InChI=1S/C29H28N4O18S4.4K/c1-3-45-29(36)26-20(28(35)33(31-26)23-15-18(53-51-49-38)11-13-25(23)55(42,43)44)9-7-5-6-8-19-21(16-47-46-4-2)30-32(27(19)34)22-14-17(52-50-48-37)10-12-24(22)54(39,40)41;;;;/h5-15,35,37-38H,3-4,16H2,1-2H3,(H,39,40,41)(H,42,43,44);;;;/q;4*+1/p-4/b6-5+,9-7+,19-8+;;;;. The monoisotopic (exact) mass is 1000 g/mol. The van der Waals surface area contributed by atoms with Crippen LogP contribution in [-0.2, 0) is 58.3 Å². The zero-order chi connectivity index (χ0) is 40.3. The van der Waals surface area contributed by atoms with Crippen LogP contribution in [-0.4, -0.2) is 78.2 Å². The van der Waals surface area contributed by atoms with Crippen molar-refractivity contribution >= 4 is 73.7 Å². The third-order valence-electron chi connectivity index (χ3n) is 6.64. The Hall–Kier alpha value is 2.03. The Morgan fingerprint density at radius 1 is 0.831 bits per heavy atom. The van der Waals surface area contributed by atoms with Crippen LogP contribution < -0.4 is 221 Å². The van der Waals surface area contributed by atoms with Crippen LogP contribution in [0.5, 0.6) is 5.88 Å². The van der Waals surface area contributed by atoms with Gasteiger partial charge in [0.25, 0.3) is 5.91 Å². The van der Waals surface area contributed by atoms with Gasteiger partial charge in [0, 0.05) is 9.79 Å². The summed E-state index contributed by atoms with van der Waals surface area (Å²) in [5.74, 6) is -2.82. The second-order valence-corrected chi connectivity index (χ2v) is 14.2. The fourth-order valence-corrected chi connectivity index (χ4v) is 6.55. The number of aromatic hydroxyl groups is 1. The van der Waals surface area contributed by atoms with Gasteiger partial charge in [-0.3, -0.25) is 14.9 Å². The molecule has 0 aliphatic carbocycles. The number of anilines is 1. The van der Waals surface area contributed by atoms with Crippen molar-refractivity contribution < 1.29 is 290 Å². The summed E-state index contributed by atoms with van der Waals surface area (Å²) in [6, 6.07) is 5.97. The summed E-state index contributed by atoms with van der Waals surface area (Å²) in [6.07, 6.45) is 6.20. The number of rotatable bonds is 19. The molecule has 0 bridgehead atoms. The Bertz CT molecular complexity index is 2280. The molecular formula is C29H24K4N4O18S4. The van der Waals surface area contributed by atoms with Crippen LogP contribution in [0.25, 0.3) is 11.8 Å². The molecule has 1 aliphatic rings. The van der Waals surface area contributed by atoms with E-state index < -0.39 is 71.5 Å². The topological polar surface area (TPSA) is 313 Å². The van der Waals surface area contributed by atoms with Crippen LogP contribution in [0.15, 0.2) is 91.0 Å². The molecule has 0 atom stereocenters. The first-order valence-corrected chi connectivity index (χ1v) is 19.1. The molecule has 22 nitrogen and oxygen atoms in total. The van der Waals surface area contributed by atoms with E-state index in [-0.39, 0.29) is 245 Å².